The molecule has 2 aromatic carbocycles. The maximum Gasteiger partial charge on any atom is 0.261 e. The third kappa shape index (κ3) is 4.06. The van der Waals surface area contributed by atoms with Gasteiger partial charge in [0.25, 0.3) is 17.7 Å². The summed E-state index contributed by atoms with van der Waals surface area (Å²) in [5, 5.41) is 2.86. The van der Waals surface area contributed by atoms with Crippen LogP contribution in [0.5, 0.6) is 5.75 Å². The Kier molecular flexibility index (Phi) is 6.09. The van der Waals surface area contributed by atoms with Gasteiger partial charge in [-0.05, 0) is 48.7 Å². The van der Waals surface area contributed by atoms with Crippen molar-refractivity contribution >= 4 is 17.7 Å². The first-order chi connectivity index (χ1) is 13.5. The van der Waals surface area contributed by atoms with E-state index in [1.807, 2.05) is 31.2 Å². The minimum atomic E-state index is -0.318. The van der Waals surface area contributed by atoms with E-state index >= 15 is 0 Å². The lowest BCUT2D eigenvalue weighted by Gasteiger charge is -2.12. The molecule has 6 nitrogen and oxygen atoms in total. The molecule has 0 atom stereocenters. The molecular formula is C22H24N2O4. The lowest BCUT2D eigenvalue weighted by Crippen LogP contribution is -2.30. The number of imide groups is 1. The number of unbranched alkanes of at least 4 members (excludes halogenated alkanes) is 1. The van der Waals surface area contributed by atoms with Crippen molar-refractivity contribution in [1.29, 1.82) is 0 Å². The van der Waals surface area contributed by atoms with E-state index in [0.717, 1.165) is 24.2 Å². The van der Waals surface area contributed by atoms with Gasteiger partial charge in [-0.1, -0.05) is 25.5 Å². The number of nitrogens with zero attached hydrogens (tertiary/aromatic N) is 1. The summed E-state index contributed by atoms with van der Waals surface area (Å²) in [6, 6.07) is 12.3. The molecule has 1 aliphatic heterocycles. The first kappa shape index (κ1) is 19.6. The van der Waals surface area contributed by atoms with Crippen molar-refractivity contribution in [3.63, 3.8) is 0 Å². The molecule has 0 bridgehead atoms. The van der Waals surface area contributed by atoms with E-state index in [1.54, 1.807) is 19.2 Å². The smallest absolute Gasteiger partial charge is 0.261 e. The Morgan fingerprint density at radius 1 is 1.04 bits per heavy atom. The number of benzene rings is 2. The highest BCUT2D eigenvalue weighted by Crippen LogP contribution is 2.24. The third-order valence-corrected chi connectivity index (χ3v) is 4.83. The van der Waals surface area contributed by atoms with Crippen LogP contribution in [0.25, 0.3) is 0 Å². The van der Waals surface area contributed by atoms with Crippen LogP contribution in [0.15, 0.2) is 42.5 Å². The summed E-state index contributed by atoms with van der Waals surface area (Å²) in [5.74, 6) is -0.0667. The number of amides is 3. The van der Waals surface area contributed by atoms with E-state index in [-0.39, 0.29) is 17.7 Å². The number of carbonyl (C=O) groups excluding carboxylic acids is 3. The molecule has 2 aromatic rings. The van der Waals surface area contributed by atoms with Gasteiger partial charge in [-0.2, -0.15) is 0 Å². The molecule has 28 heavy (non-hydrogen) atoms. The highest BCUT2D eigenvalue weighted by molar-refractivity contribution is 6.22. The molecule has 0 radical (unpaired) electrons. The molecule has 0 unspecified atom stereocenters. The molecule has 0 saturated carbocycles. The van der Waals surface area contributed by atoms with E-state index in [0.29, 0.717) is 36.2 Å². The summed E-state index contributed by atoms with van der Waals surface area (Å²) in [6.07, 6.45) is 2.35. The van der Waals surface area contributed by atoms with Crippen LogP contribution in [0.2, 0.25) is 0 Å². The van der Waals surface area contributed by atoms with Crippen LogP contribution in [0.4, 0.5) is 0 Å². The Labute approximate surface area is 164 Å². The molecule has 0 aliphatic carbocycles. The lowest BCUT2D eigenvalue weighted by atomic mass is 10.1. The van der Waals surface area contributed by atoms with Crippen LogP contribution in [0.1, 0.15) is 56.4 Å². The molecular weight excluding hydrogens is 356 g/mol. The Hall–Kier alpha value is -3.15. The van der Waals surface area contributed by atoms with E-state index in [4.69, 9.17) is 4.74 Å². The highest BCUT2D eigenvalue weighted by Gasteiger charge is 2.35. The molecule has 0 aromatic heterocycles. The highest BCUT2D eigenvalue weighted by atomic mass is 16.5. The van der Waals surface area contributed by atoms with Crippen molar-refractivity contribution in [3.8, 4) is 5.75 Å². The predicted octanol–water partition coefficient (Wildman–Crippen LogP) is 3.06. The molecule has 0 fully saturated rings. The number of carbonyl (C=O) groups is 3. The van der Waals surface area contributed by atoms with Gasteiger partial charge in [-0.25, -0.2) is 0 Å². The van der Waals surface area contributed by atoms with Crippen molar-refractivity contribution in [1.82, 2.24) is 10.2 Å². The van der Waals surface area contributed by atoms with Crippen LogP contribution < -0.4 is 10.1 Å². The number of nitrogens with one attached hydrogen (secondary N) is 1. The fourth-order valence-electron chi connectivity index (χ4n) is 3.17. The zero-order valence-electron chi connectivity index (χ0n) is 16.2. The van der Waals surface area contributed by atoms with Gasteiger partial charge in [-0.15, -0.1) is 0 Å². The van der Waals surface area contributed by atoms with Gasteiger partial charge in [0.05, 0.1) is 18.2 Å². The first-order valence-corrected chi connectivity index (χ1v) is 9.46. The molecule has 1 heterocycles. The van der Waals surface area contributed by atoms with Crippen LogP contribution in [-0.2, 0) is 6.42 Å². The van der Waals surface area contributed by atoms with Crippen LogP contribution in [-0.4, -0.2) is 42.8 Å². The first-order valence-electron chi connectivity index (χ1n) is 9.46. The average Bonchev–Trinajstić information content (AvgIpc) is 2.96. The monoisotopic (exact) mass is 380 g/mol. The lowest BCUT2D eigenvalue weighted by molar-refractivity contribution is 0.0652. The fraction of sp³-hybridized carbons (Fsp3) is 0.318. The number of ether oxygens (including phenoxy) is 1. The standard InChI is InChI=1S/C22H24N2O4/c1-3-4-13-24-21(26)18-10-7-16(14-19(18)22(24)27)20(25)23-12-11-15-5-8-17(28-2)9-6-15/h5-10,14H,3-4,11-13H2,1-2H3,(H,23,25). The number of methoxy groups -OCH3 is 1. The molecule has 1 aliphatic rings. The molecule has 0 saturated heterocycles. The van der Waals surface area contributed by atoms with E-state index in [2.05, 4.69) is 5.32 Å². The van der Waals surface area contributed by atoms with Crippen molar-refractivity contribution in [3.05, 3.63) is 64.7 Å². The Morgan fingerprint density at radius 3 is 2.43 bits per heavy atom. The van der Waals surface area contributed by atoms with Crippen molar-refractivity contribution in [2.45, 2.75) is 26.2 Å². The van der Waals surface area contributed by atoms with Gasteiger partial charge >= 0.3 is 0 Å². The van der Waals surface area contributed by atoms with Gasteiger partial charge in [0.15, 0.2) is 0 Å². The van der Waals surface area contributed by atoms with Gasteiger partial charge in [0.2, 0.25) is 0 Å². The average molecular weight is 380 g/mol. The quantitative estimate of drug-likeness (QED) is 0.714. The molecule has 3 rings (SSSR count). The second-order valence-electron chi connectivity index (χ2n) is 6.73. The zero-order chi connectivity index (χ0) is 20.1. The number of fused-ring (bicyclic) bond motifs is 1. The van der Waals surface area contributed by atoms with Crippen molar-refractivity contribution < 1.29 is 19.1 Å². The van der Waals surface area contributed by atoms with E-state index in [1.165, 1.54) is 11.0 Å². The second kappa shape index (κ2) is 8.69. The van der Waals surface area contributed by atoms with E-state index in [9.17, 15) is 14.4 Å². The SMILES string of the molecule is CCCCN1C(=O)c2ccc(C(=O)NCCc3ccc(OC)cc3)cc2C1=O. The second-order valence-corrected chi connectivity index (χ2v) is 6.73. The summed E-state index contributed by atoms with van der Waals surface area (Å²) in [7, 11) is 1.62. The molecule has 146 valence electrons. The molecule has 0 spiro atoms. The molecule has 6 heteroatoms. The zero-order valence-corrected chi connectivity index (χ0v) is 16.2. The minimum Gasteiger partial charge on any atom is -0.497 e. The third-order valence-electron chi connectivity index (χ3n) is 4.83. The minimum absolute atomic E-state index is 0.261. The largest absolute Gasteiger partial charge is 0.497 e. The summed E-state index contributed by atoms with van der Waals surface area (Å²) < 4.78 is 5.13. The summed E-state index contributed by atoms with van der Waals surface area (Å²) >= 11 is 0. The Balaban J connectivity index is 1.62. The Morgan fingerprint density at radius 2 is 1.75 bits per heavy atom. The predicted molar refractivity (Wildman–Crippen MR) is 106 cm³/mol. The molecule has 1 N–H and O–H groups in total. The summed E-state index contributed by atoms with van der Waals surface area (Å²) in [6.45, 7) is 2.89. The summed E-state index contributed by atoms with van der Waals surface area (Å²) in [4.78, 5) is 38.6. The van der Waals surface area contributed by atoms with Gasteiger partial charge < -0.3 is 10.1 Å². The van der Waals surface area contributed by atoms with Gasteiger partial charge in [0, 0.05) is 18.7 Å². The fourth-order valence-corrected chi connectivity index (χ4v) is 3.17. The van der Waals surface area contributed by atoms with Gasteiger partial charge in [0.1, 0.15) is 5.75 Å². The van der Waals surface area contributed by atoms with Crippen LogP contribution in [0, 0.1) is 0 Å². The summed E-state index contributed by atoms with van der Waals surface area (Å²) in [5.41, 5.74) is 2.15. The maximum absolute atomic E-state index is 12.5. The van der Waals surface area contributed by atoms with Crippen molar-refractivity contribution in [2.24, 2.45) is 0 Å². The Bertz CT molecular complexity index is 890. The number of hydrogen-bond donors (Lipinski definition) is 1. The van der Waals surface area contributed by atoms with Crippen molar-refractivity contribution in [2.75, 3.05) is 20.2 Å². The van der Waals surface area contributed by atoms with Crippen LogP contribution >= 0.6 is 0 Å². The topological polar surface area (TPSA) is 75.7 Å². The normalized spacial score (nSPS) is 12.9. The number of rotatable bonds is 8. The van der Waals surface area contributed by atoms with Gasteiger partial charge in [-0.3, -0.25) is 19.3 Å². The maximum atomic E-state index is 12.5. The molecule has 3 amide bonds. The number of hydrogen-bond acceptors (Lipinski definition) is 4. The van der Waals surface area contributed by atoms with E-state index < -0.39 is 0 Å². The van der Waals surface area contributed by atoms with Crippen LogP contribution in [0.3, 0.4) is 0 Å².